The van der Waals surface area contributed by atoms with Gasteiger partial charge < -0.3 is 15.2 Å². The summed E-state index contributed by atoms with van der Waals surface area (Å²) in [6, 6.07) is 7.01. The second-order valence-corrected chi connectivity index (χ2v) is 3.60. The molecule has 0 aliphatic heterocycles. The molecule has 0 amide bonds. The zero-order chi connectivity index (χ0) is 13.3. The van der Waals surface area contributed by atoms with Gasteiger partial charge in [-0.25, -0.2) is 0 Å². The molecule has 0 atom stereocenters. The Morgan fingerprint density at radius 1 is 1.28 bits per heavy atom. The predicted molar refractivity (Wildman–Crippen MR) is 59.0 cm³/mol. The Balaban J connectivity index is 2.48. The van der Waals surface area contributed by atoms with Gasteiger partial charge in [0, 0.05) is 11.4 Å². The van der Waals surface area contributed by atoms with E-state index in [-0.39, 0.29) is 17.3 Å². The Hall–Kier alpha value is -2.18. The average Bonchev–Trinajstić information content (AvgIpc) is 2.56. The van der Waals surface area contributed by atoms with Gasteiger partial charge in [0.05, 0.1) is 0 Å². The van der Waals surface area contributed by atoms with E-state index in [0.717, 1.165) is 4.68 Å². The third-order valence-electron chi connectivity index (χ3n) is 2.15. The molecule has 0 aliphatic rings. The number of hydrogen-bond donors (Lipinski definition) is 0. The van der Waals surface area contributed by atoms with E-state index in [1.807, 2.05) is 0 Å². The summed E-state index contributed by atoms with van der Waals surface area (Å²) >= 11 is 0. The molecule has 4 nitrogen and oxygen atoms in total. The molecule has 2 rings (SSSR count). The molecular weight excluding hydrogens is 247 g/mol. The first-order chi connectivity index (χ1) is 8.37. The van der Waals surface area contributed by atoms with Crippen LogP contribution >= 0.6 is 0 Å². The van der Waals surface area contributed by atoms with Crippen LogP contribution in [0.5, 0.6) is 5.75 Å². The van der Waals surface area contributed by atoms with Crippen LogP contribution in [-0.2, 0) is 0 Å². The number of rotatable bonds is 2. The van der Waals surface area contributed by atoms with Crippen LogP contribution in [0.3, 0.4) is 0 Å². The van der Waals surface area contributed by atoms with E-state index in [2.05, 4.69) is 9.84 Å². The van der Waals surface area contributed by atoms with Gasteiger partial charge in [-0.15, -0.1) is 13.2 Å². The second-order valence-electron chi connectivity index (χ2n) is 3.60. The van der Waals surface area contributed by atoms with Gasteiger partial charge in [-0.2, -0.15) is 0 Å². The lowest BCUT2D eigenvalue weighted by atomic mass is 10.3. The highest BCUT2D eigenvalue weighted by molar-refractivity contribution is 5.52. The van der Waals surface area contributed by atoms with Crippen molar-refractivity contribution >= 4 is 5.82 Å². The maximum absolute atomic E-state index is 12.2. The molecule has 0 spiro atoms. The normalized spacial score (nSPS) is 11.6. The number of benzene rings is 1. The number of ether oxygens (including phenoxy) is 1. The van der Waals surface area contributed by atoms with E-state index >= 15 is 0 Å². The predicted octanol–water partition coefficient (Wildman–Crippen LogP) is 3.76. The number of aryl methyl sites for hydroxylation is 1. The number of nitrogens with zero attached hydrogens (tertiary/aromatic N) is 2. The molecule has 0 unspecified atom stereocenters. The lowest BCUT2D eigenvalue weighted by molar-refractivity contribution is -0.274. The zero-order valence-electron chi connectivity index (χ0n) is 9.32. The Kier molecular flexibility index (Phi) is 2.90. The summed E-state index contributed by atoms with van der Waals surface area (Å²) in [5.74, 6) is -0.396. The molecule has 0 radical (unpaired) electrons. The van der Waals surface area contributed by atoms with Crippen molar-refractivity contribution in [3.05, 3.63) is 41.8 Å². The molecule has 1 N–H and O–H groups in total. The van der Waals surface area contributed by atoms with Gasteiger partial charge in [0.1, 0.15) is 5.75 Å². The minimum absolute atomic E-state index is 0.00859. The largest absolute Gasteiger partial charge is 0.573 e. The molecule has 1 heterocycles. The first-order valence-corrected chi connectivity index (χ1v) is 5.00. The fourth-order valence-corrected chi connectivity index (χ4v) is 1.53. The summed E-state index contributed by atoms with van der Waals surface area (Å²) < 4.78 is 41.7. The first kappa shape index (κ1) is 12.3. The van der Waals surface area contributed by atoms with Crippen molar-refractivity contribution in [3.8, 4) is 11.4 Å². The standard InChI is InChI=1S/C11H9F3N3O/c1-7-6-10(15)17(16-7)8-4-2-3-5-9(8)18-11(12,13)14/h2-6,15H,1H3/q-1. The van der Waals surface area contributed by atoms with Crippen molar-refractivity contribution in [1.82, 2.24) is 9.78 Å². The average molecular weight is 256 g/mol. The van der Waals surface area contributed by atoms with Gasteiger partial charge in [-0.3, -0.25) is 5.10 Å². The summed E-state index contributed by atoms with van der Waals surface area (Å²) in [4.78, 5) is 0. The molecular formula is C11H9F3N3O-. The van der Waals surface area contributed by atoms with Crippen molar-refractivity contribution in [2.75, 3.05) is 0 Å². The minimum Gasteiger partial charge on any atom is -0.481 e. The molecule has 2 aromatic rings. The lowest BCUT2D eigenvalue weighted by Crippen LogP contribution is -2.18. The van der Waals surface area contributed by atoms with Gasteiger partial charge in [-0.1, -0.05) is 18.2 Å². The highest BCUT2D eigenvalue weighted by Gasteiger charge is 2.31. The second kappa shape index (κ2) is 4.25. The summed E-state index contributed by atoms with van der Waals surface area (Å²) in [7, 11) is 0. The quantitative estimate of drug-likeness (QED) is 0.821. The Morgan fingerprint density at radius 3 is 2.50 bits per heavy atom. The highest BCUT2D eigenvalue weighted by Crippen LogP contribution is 2.30. The summed E-state index contributed by atoms with van der Waals surface area (Å²) in [5, 5.41) is 3.95. The lowest BCUT2D eigenvalue weighted by Gasteiger charge is -2.18. The molecule has 0 aliphatic carbocycles. The fraction of sp³-hybridized carbons (Fsp3) is 0.182. The number of nitrogens with one attached hydrogen (secondary N) is 1. The van der Waals surface area contributed by atoms with Gasteiger partial charge in [0.25, 0.3) is 0 Å². The minimum atomic E-state index is -4.78. The van der Waals surface area contributed by atoms with Gasteiger partial charge in [0.15, 0.2) is 0 Å². The maximum atomic E-state index is 12.2. The molecule has 1 aromatic carbocycles. The molecule has 0 saturated heterocycles. The third-order valence-corrected chi connectivity index (χ3v) is 2.15. The summed E-state index contributed by atoms with van der Waals surface area (Å²) in [6.45, 7) is 1.65. The number of halogens is 3. The third kappa shape index (κ3) is 2.55. The molecule has 18 heavy (non-hydrogen) atoms. The summed E-state index contributed by atoms with van der Waals surface area (Å²) in [5.41, 5.74) is 8.24. The van der Waals surface area contributed by atoms with Gasteiger partial charge in [-0.05, 0) is 24.9 Å². The van der Waals surface area contributed by atoms with Crippen molar-refractivity contribution in [1.29, 1.82) is 0 Å². The molecule has 0 fully saturated rings. The Morgan fingerprint density at radius 2 is 1.94 bits per heavy atom. The fourth-order valence-electron chi connectivity index (χ4n) is 1.53. The van der Waals surface area contributed by atoms with Crippen LogP contribution in [0, 0.1) is 6.92 Å². The highest BCUT2D eigenvalue weighted by atomic mass is 19.4. The van der Waals surface area contributed by atoms with Crippen LogP contribution in [-0.4, -0.2) is 16.1 Å². The molecule has 0 bridgehead atoms. The smallest absolute Gasteiger partial charge is 0.481 e. The number of alkyl halides is 3. The number of hydrogen-bond acceptors (Lipinski definition) is 2. The van der Waals surface area contributed by atoms with Crippen LogP contribution < -0.4 is 4.74 Å². The Labute approximate surface area is 101 Å². The number of aromatic nitrogens is 2. The van der Waals surface area contributed by atoms with Crippen LogP contribution in [0.25, 0.3) is 11.4 Å². The summed E-state index contributed by atoms with van der Waals surface area (Å²) in [6.07, 6.45) is -4.78. The topological polar surface area (TPSA) is 50.9 Å². The zero-order valence-corrected chi connectivity index (χ0v) is 9.32. The van der Waals surface area contributed by atoms with E-state index < -0.39 is 6.36 Å². The van der Waals surface area contributed by atoms with E-state index in [9.17, 15) is 13.2 Å². The van der Waals surface area contributed by atoms with E-state index in [0.29, 0.717) is 5.69 Å². The van der Waals surface area contributed by atoms with E-state index in [1.54, 1.807) is 13.0 Å². The van der Waals surface area contributed by atoms with Crippen molar-refractivity contribution in [3.63, 3.8) is 0 Å². The van der Waals surface area contributed by atoms with Crippen LogP contribution in [0.4, 0.5) is 19.0 Å². The number of para-hydroxylation sites is 2. The van der Waals surface area contributed by atoms with Crippen molar-refractivity contribution in [2.45, 2.75) is 13.3 Å². The van der Waals surface area contributed by atoms with Crippen LogP contribution in [0.15, 0.2) is 30.3 Å². The first-order valence-electron chi connectivity index (χ1n) is 5.00. The van der Waals surface area contributed by atoms with Gasteiger partial charge >= 0.3 is 6.36 Å². The Bertz CT molecular complexity index is 563. The van der Waals surface area contributed by atoms with Crippen LogP contribution in [0.2, 0.25) is 0 Å². The molecule has 96 valence electrons. The van der Waals surface area contributed by atoms with E-state index in [1.165, 1.54) is 24.3 Å². The van der Waals surface area contributed by atoms with Crippen LogP contribution in [0.1, 0.15) is 5.69 Å². The monoisotopic (exact) mass is 256 g/mol. The van der Waals surface area contributed by atoms with Gasteiger partial charge in [0.2, 0.25) is 0 Å². The SMILES string of the molecule is Cc1cc([NH-])n(-c2ccccc2OC(F)(F)F)n1. The van der Waals surface area contributed by atoms with Crippen molar-refractivity contribution in [2.24, 2.45) is 0 Å². The molecule has 1 aromatic heterocycles. The maximum Gasteiger partial charge on any atom is 0.573 e. The van der Waals surface area contributed by atoms with Crippen molar-refractivity contribution < 1.29 is 17.9 Å². The van der Waals surface area contributed by atoms with E-state index in [4.69, 9.17) is 5.73 Å². The molecule has 0 saturated carbocycles. The molecule has 7 heteroatoms.